The molecule has 1 aromatic rings. The molecule has 0 amide bonds. The Hall–Kier alpha value is -0.780. The van der Waals surface area contributed by atoms with Crippen LogP contribution in [0.3, 0.4) is 0 Å². The van der Waals surface area contributed by atoms with Gasteiger partial charge in [-0.15, -0.1) is 0 Å². The zero-order valence-corrected chi connectivity index (χ0v) is 12.2. The Labute approximate surface area is 115 Å². The third-order valence-electron chi connectivity index (χ3n) is 3.02. The highest BCUT2D eigenvalue weighted by Crippen LogP contribution is 2.41. The molecule has 18 heavy (non-hydrogen) atoms. The van der Waals surface area contributed by atoms with Gasteiger partial charge >= 0.3 is 0 Å². The molecule has 1 aliphatic rings. The molecule has 1 heterocycles. The highest BCUT2D eigenvalue weighted by atomic mass is 79.9. The van der Waals surface area contributed by atoms with Crippen LogP contribution in [0.25, 0.3) is 0 Å². The standard InChI is InChI=1S/C13H18BrNO3/c1-7(15)3-9-10-4-8(16)6-18-13(10)11(14)5-12(9)17-2/h5,7-8,16H,3-4,6,15H2,1-2H3/t7-,8?/m1/s1. The maximum atomic E-state index is 9.76. The zero-order valence-electron chi connectivity index (χ0n) is 10.6. The fourth-order valence-corrected chi connectivity index (χ4v) is 2.83. The molecule has 0 aliphatic carbocycles. The lowest BCUT2D eigenvalue weighted by Crippen LogP contribution is -2.28. The van der Waals surface area contributed by atoms with Crippen molar-refractivity contribution in [3.8, 4) is 11.5 Å². The van der Waals surface area contributed by atoms with E-state index in [1.165, 1.54) is 0 Å². The number of aliphatic hydroxyl groups is 1. The number of benzene rings is 1. The number of hydrogen-bond donors (Lipinski definition) is 2. The molecule has 5 heteroatoms. The fourth-order valence-electron chi connectivity index (χ4n) is 2.27. The van der Waals surface area contributed by atoms with Crippen molar-refractivity contribution in [2.24, 2.45) is 5.73 Å². The first-order chi connectivity index (χ1) is 8.52. The SMILES string of the molecule is COc1cc(Br)c2c(c1C[C@@H](C)N)CC(O)CO2. The molecule has 1 unspecified atom stereocenters. The molecule has 0 saturated carbocycles. The second-order valence-corrected chi connectivity index (χ2v) is 5.55. The van der Waals surface area contributed by atoms with Crippen LogP contribution in [0.4, 0.5) is 0 Å². The number of aliphatic hydroxyl groups excluding tert-OH is 1. The molecule has 100 valence electrons. The molecule has 0 spiro atoms. The Morgan fingerprint density at radius 1 is 1.67 bits per heavy atom. The summed E-state index contributed by atoms with van der Waals surface area (Å²) in [5.41, 5.74) is 7.91. The second-order valence-electron chi connectivity index (χ2n) is 4.70. The molecule has 1 aromatic carbocycles. The summed E-state index contributed by atoms with van der Waals surface area (Å²) in [4.78, 5) is 0. The highest BCUT2D eigenvalue weighted by molar-refractivity contribution is 9.10. The lowest BCUT2D eigenvalue weighted by atomic mass is 9.94. The number of ether oxygens (including phenoxy) is 2. The predicted octanol–water partition coefficient (Wildman–Crippen LogP) is 1.64. The van der Waals surface area contributed by atoms with Gasteiger partial charge in [-0.1, -0.05) is 0 Å². The van der Waals surface area contributed by atoms with Crippen LogP contribution < -0.4 is 15.2 Å². The number of halogens is 1. The minimum atomic E-state index is -0.469. The van der Waals surface area contributed by atoms with Gasteiger partial charge in [0.2, 0.25) is 0 Å². The quantitative estimate of drug-likeness (QED) is 0.890. The number of rotatable bonds is 3. The van der Waals surface area contributed by atoms with Gasteiger partial charge in [-0.3, -0.25) is 0 Å². The molecule has 0 aromatic heterocycles. The smallest absolute Gasteiger partial charge is 0.137 e. The minimum absolute atomic E-state index is 0.0308. The van der Waals surface area contributed by atoms with Crippen LogP contribution in [-0.2, 0) is 12.8 Å². The number of hydrogen-bond acceptors (Lipinski definition) is 4. The fraction of sp³-hybridized carbons (Fsp3) is 0.538. The molecule has 3 N–H and O–H groups in total. The Bertz CT molecular complexity index is 448. The summed E-state index contributed by atoms with van der Waals surface area (Å²) in [6, 6.07) is 1.93. The van der Waals surface area contributed by atoms with E-state index < -0.39 is 6.10 Å². The molecule has 4 nitrogen and oxygen atoms in total. The van der Waals surface area contributed by atoms with Gasteiger partial charge in [-0.25, -0.2) is 0 Å². The van der Waals surface area contributed by atoms with E-state index in [1.807, 2.05) is 13.0 Å². The zero-order chi connectivity index (χ0) is 13.3. The van der Waals surface area contributed by atoms with E-state index in [9.17, 15) is 5.11 Å². The third kappa shape index (κ3) is 2.63. The molecule has 1 aliphatic heterocycles. The molecule has 0 fully saturated rings. The summed E-state index contributed by atoms with van der Waals surface area (Å²) in [7, 11) is 1.64. The lowest BCUT2D eigenvalue weighted by molar-refractivity contribution is 0.0909. The van der Waals surface area contributed by atoms with E-state index in [2.05, 4.69) is 15.9 Å². The number of methoxy groups -OCH3 is 1. The Balaban J connectivity index is 2.53. The summed E-state index contributed by atoms with van der Waals surface area (Å²) < 4.78 is 11.9. The summed E-state index contributed by atoms with van der Waals surface area (Å²) in [5, 5.41) is 9.76. The van der Waals surface area contributed by atoms with Gasteiger partial charge in [0.1, 0.15) is 18.1 Å². The molecular formula is C13H18BrNO3. The van der Waals surface area contributed by atoms with Crippen LogP contribution >= 0.6 is 15.9 Å². The first-order valence-electron chi connectivity index (χ1n) is 5.97. The van der Waals surface area contributed by atoms with Gasteiger partial charge in [-0.05, 0) is 35.3 Å². The van der Waals surface area contributed by atoms with Crippen molar-refractivity contribution in [3.63, 3.8) is 0 Å². The Kier molecular flexibility index (Phi) is 4.14. The topological polar surface area (TPSA) is 64.7 Å². The average molecular weight is 316 g/mol. The number of fused-ring (bicyclic) bond motifs is 1. The Morgan fingerprint density at radius 2 is 2.39 bits per heavy atom. The van der Waals surface area contributed by atoms with Gasteiger partial charge in [-0.2, -0.15) is 0 Å². The van der Waals surface area contributed by atoms with E-state index in [-0.39, 0.29) is 6.04 Å². The Morgan fingerprint density at radius 3 is 3.00 bits per heavy atom. The normalized spacial score (nSPS) is 19.9. The van der Waals surface area contributed by atoms with Crippen LogP contribution in [0.15, 0.2) is 10.5 Å². The maximum Gasteiger partial charge on any atom is 0.137 e. The average Bonchev–Trinajstić information content (AvgIpc) is 2.31. The largest absolute Gasteiger partial charge is 0.496 e. The summed E-state index contributed by atoms with van der Waals surface area (Å²) in [6.45, 7) is 2.28. The van der Waals surface area contributed by atoms with Crippen LogP contribution in [0.1, 0.15) is 18.1 Å². The van der Waals surface area contributed by atoms with Gasteiger partial charge in [0.15, 0.2) is 0 Å². The molecule has 2 rings (SSSR count). The van der Waals surface area contributed by atoms with Crippen molar-refractivity contribution in [1.29, 1.82) is 0 Å². The van der Waals surface area contributed by atoms with Crippen LogP contribution in [0.5, 0.6) is 11.5 Å². The second kappa shape index (κ2) is 5.47. The van der Waals surface area contributed by atoms with Crippen molar-refractivity contribution in [2.75, 3.05) is 13.7 Å². The van der Waals surface area contributed by atoms with Crippen molar-refractivity contribution in [2.45, 2.75) is 31.9 Å². The molecular weight excluding hydrogens is 298 g/mol. The van der Waals surface area contributed by atoms with Crippen LogP contribution in [0, 0.1) is 0 Å². The summed E-state index contributed by atoms with van der Waals surface area (Å²) in [5.74, 6) is 1.59. The molecule has 0 radical (unpaired) electrons. The van der Waals surface area contributed by atoms with E-state index in [1.54, 1.807) is 7.11 Å². The van der Waals surface area contributed by atoms with Crippen LogP contribution in [-0.4, -0.2) is 31.0 Å². The third-order valence-corrected chi connectivity index (χ3v) is 3.61. The van der Waals surface area contributed by atoms with Crippen molar-refractivity contribution >= 4 is 15.9 Å². The van der Waals surface area contributed by atoms with E-state index >= 15 is 0 Å². The predicted molar refractivity (Wildman–Crippen MR) is 73.3 cm³/mol. The summed E-state index contributed by atoms with van der Waals surface area (Å²) >= 11 is 3.48. The molecule has 0 bridgehead atoms. The van der Waals surface area contributed by atoms with Crippen molar-refractivity contribution < 1.29 is 14.6 Å². The van der Waals surface area contributed by atoms with E-state index in [0.717, 1.165) is 27.1 Å². The monoisotopic (exact) mass is 315 g/mol. The maximum absolute atomic E-state index is 9.76. The van der Waals surface area contributed by atoms with Crippen molar-refractivity contribution in [3.05, 3.63) is 21.7 Å². The lowest BCUT2D eigenvalue weighted by Gasteiger charge is -2.27. The van der Waals surface area contributed by atoms with Gasteiger partial charge in [0.05, 0.1) is 17.7 Å². The van der Waals surface area contributed by atoms with Crippen LogP contribution in [0.2, 0.25) is 0 Å². The first kappa shape index (κ1) is 13.6. The van der Waals surface area contributed by atoms with Gasteiger partial charge in [0, 0.05) is 23.6 Å². The van der Waals surface area contributed by atoms with E-state index in [0.29, 0.717) is 19.4 Å². The molecule has 0 saturated heterocycles. The van der Waals surface area contributed by atoms with E-state index in [4.69, 9.17) is 15.2 Å². The summed E-state index contributed by atoms with van der Waals surface area (Å²) in [6.07, 6.45) is 0.811. The van der Waals surface area contributed by atoms with Gasteiger partial charge in [0.25, 0.3) is 0 Å². The number of nitrogens with two attached hydrogens (primary N) is 1. The molecule has 2 atom stereocenters. The first-order valence-corrected chi connectivity index (χ1v) is 6.77. The van der Waals surface area contributed by atoms with Crippen molar-refractivity contribution in [1.82, 2.24) is 0 Å². The highest BCUT2D eigenvalue weighted by Gasteiger charge is 2.26. The van der Waals surface area contributed by atoms with Gasteiger partial charge < -0.3 is 20.3 Å². The minimum Gasteiger partial charge on any atom is -0.496 e.